The minimum atomic E-state index is -0.212. The molecule has 0 radical (unpaired) electrons. The minimum absolute atomic E-state index is 0.0285. The van der Waals surface area contributed by atoms with Gasteiger partial charge in [0.15, 0.2) is 0 Å². The molecule has 0 aromatic heterocycles. The molecule has 0 fully saturated rings. The lowest BCUT2D eigenvalue weighted by molar-refractivity contribution is -0.114. The van der Waals surface area contributed by atoms with Gasteiger partial charge in [-0.3, -0.25) is 14.4 Å². The molecular formula is C30H36N4O3. The van der Waals surface area contributed by atoms with Gasteiger partial charge in [-0.25, -0.2) is 0 Å². The van der Waals surface area contributed by atoms with Crippen molar-refractivity contribution in [1.82, 2.24) is 4.90 Å². The number of amides is 3. The Morgan fingerprint density at radius 1 is 0.676 bits per heavy atom. The maximum absolute atomic E-state index is 12.9. The van der Waals surface area contributed by atoms with Crippen LogP contribution in [0.2, 0.25) is 0 Å². The van der Waals surface area contributed by atoms with E-state index >= 15 is 0 Å². The fraction of sp³-hybridized carbons (Fsp3) is 0.300. The van der Waals surface area contributed by atoms with Gasteiger partial charge >= 0.3 is 0 Å². The Morgan fingerprint density at radius 3 is 1.76 bits per heavy atom. The highest BCUT2D eigenvalue weighted by Crippen LogP contribution is 2.18. The van der Waals surface area contributed by atoms with Crippen LogP contribution in [0.3, 0.4) is 0 Å². The molecule has 0 unspecified atom stereocenters. The largest absolute Gasteiger partial charge is 0.376 e. The lowest BCUT2D eigenvalue weighted by atomic mass is 10.1. The van der Waals surface area contributed by atoms with Gasteiger partial charge in [0.25, 0.3) is 11.8 Å². The Balaban J connectivity index is 1.52. The van der Waals surface area contributed by atoms with E-state index in [1.165, 1.54) is 0 Å². The molecule has 0 spiro atoms. The van der Waals surface area contributed by atoms with Gasteiger partial charge < -0.3 is 20.4 Å². The summed E-state index contributed by atoms with van der Waals surface area (Å²) < 4.78 is 0. The lowest BCUT2D eigenvalue weighted by Crippen LogP contribution is -2.32. The van der Waals surface area contributed by atoms with E-state index in [0.717, 1.165) is 37.3 Å². The molecule has 0 saturated heterocycles. The third-order valence-electron chi connectivity index (χ3n) is 5.90. The first-order chi connectivity index (χ1) is 18.0. The second-order valence-corrected chi connectivity index (χ2v) is 8.73. The van der Waals surface area contributed by atoms with Crippen LogP contribution in [0.5, 0.6) is 0 Å². The number of anilines is 3. The normalized spacial score (nSPS) is 10.5. The van der Waals surface area contributed by atoms with E-state index in [1.54, 1.807) is 41.3 Å². The summed E-state index contributed by atoms with van der Waals surface area (Å²) in [6, 6.07) is 23.6. The van der Waals surface area contributed by atoms with Crippen LogP contribution in [-0.2, 0) is 4.79 Å². The summed E-state index contributed by atoms with van der Waals surface area (Å²) in [5.74, 6) is -0.279. The van der Waals surface area contributed by atoms with Crippen molar-refractivity contribution in [2.75, 3.05) is 41.7 Å². The maximum Gasteiger partial charge on any atom is 0.258 e. The molecule has 0 bridgehead atoms. The fourth-order valence-corrected chi connectivity index (χ4v) is 4.06. The average Bonchev–Trinajstić information content (AvgIpc) is 2.93. The summed E-state index contributed by atoms with van der Waals surface area (Å²) in [5, 5.41) is 5.92. The van der Waals surface area contributed by atoms with Crippen molar-refractivity contribution in [3.05, 3.63) is 90.0 Å². The van der Waals surface area contributed by atoms with Gasteiger partial charge in [0, 0.05) is 47.8 Å². The molecule has 3 aromatic carbocycles. The fourth-order valence-electron chi connectivity index (χ4n) is 4.06. The van der Waals surface area contributed by atoms with Crippen molar-refractivity contribution in [2.24, 2.45) is 0 Å². The van der Waals surface area contributed by atoms with Crippen LogP contribution < -0.4 is 15.5 Å². The van der Waals surface area contributed by atoms with Crippen molar-refractivity contribution in [2.45, 2.75) is 33.6 Å². The van der Waals surface area contributed by atoms with E-state index in [-0.39, 0.29) is 24.3 Å². The Morgan fingerprint density at radius 2 is 1.22 bits per heavy atom. The number of nitrogens with one attached hydrogen (secondary N) is 2. The molecule has 0 heterocycles. The van der Waals surface area contributed by atoms with Gasteiger partial charge in [0.1, 0.15) is 0 Å². The quantitative estimate of drug-likeness (QED) is 0.336. The first kappa shape index (κ1) is 27.5. The molecule has 3 aromatic rings. The van der Waals surface area contributed by atoms with E-state index in [4.69, 9.17) is 0 Å². The van der Waals surface area contributed by atoms with E-state index < -0.39 is 0 Å². The van der Waals surface area contributed by atoms with Gasteiger partial charge in [0.2, 0.25) is 5.91 Å². The summed E-state index contributed by atoms with van der Waals surface area (Å²) in [6.45, 7) is 8.17. The topological polar surface area (TPSA) is 81.8 Å². The van der Waals surface area contributed by atoms with Gasteiger partial charge in [-0.1, -0.05) is 32.0 Å². The maximum atomic E-state index is 12.9. The molecule has 194 valence electrons. The van der Waals surface area contributed by atoms with Gasteiger partial charge in [-0.15, -0.1) is 0 Å². The molecule has 0 aliphatic rings. The smallest absolute Gasteiger partial charge is 0.258 e. The average molecular weight is 501 g/mol. The zero-order chi connectivity index (χ0) is 26.6. The van der Waals surface area contributed by atoms with E-state index in [0.29, 0.717) is 23.4 Å². The van der Waals surface area contributed by atoms with Crippen molar-refractivity contribution < 1.29 is 14.4 Å². The highest BCUT2D eigenvalue weighted by atomic mass is 16.2. The first-order valence-corrected chi connectivity index (χ1v) is 12.9. The second kappa shape index (κ2) is 13.8. The monoisotopic (exact) mass is 500 g/mol. The molecule has 0 aliphatic heterocycles. The lowest BCUT2D eigenvalue weighted by Gasteiger charge is -2.21. The summed E-state index contributed by atoms with van der Waals surface area (Å²) in [7, 11) is 0. The van der Waals surface area contributed by atoms with Crippen LogP contribution in [0.4, 0.5) is 17.1 Å². The highest BCUT2D eigenvalue weighted by Gasteiger charge is 2.16. The van der Waals surface area contributed by atoms with Crippen LogP contribution in [0.15, 0.2) is 78.9 Å². The molecule has 0 atom stereocenters. The number of carbonyl (C=O) groups is 3. The molecule has 0 aliphatic carbocycles. The van der Waals surface area contributed by atoms with Crippen molar-refractivity contribution in [3.63, 3.8) is 0 Å². The Labute approximate surface area is 219 Å². The van der Waals surface area contributed by atoms with Crippen LogP contribution in [0.25, 0.3) is 0 Å². The SMILES string of the molecule is CCCN(CCC)C(=O)c1ccc(NCC(=O)Nc2ccc(C(=O)N(CC)c3ccccc3)cc2)cc1. The summed E-state index contributed by atoms with van der Waals surface area (Å²) in [4.78, 5) is 41.7. The Bertz CT molecular complexity index is 1160. The number of nitrogens with zero attached hydrogens (tertiary/aromatic N) is 2. The zero-order valence-corrected chi connectivity index (χ0v) is 21.9. The molecule has 0 saturated carbocycles. The molecule has 7 heteroatoms. The van der Waals surface area contributed by atoms with Crippen molar-refractivity contribution >= 4 is 34.8 Å². The Kier molecular flexibility index (Phi) is 10.3. The number of rotatable bonds is 12. The zero-order valence-electron chi connectivity index (χ0n) is 21.9. The third-order valence-corrected chi connectivity index (χ3v) is 5.90. The number of hydrogen-bond donors (Lipinski definition) is 2. The van der Waals surface area contributed by atoms with Gasteiger partial charge in [-0.2, -0.15) is 0 Å². The standard InChI is InChI=1S/C30H36N4O3/c1-4-20-33(21-5-2)29(36)23-12-16-25(17-13-23)31-22-28(35)32-26-18-14-24(15-19-26)30(37)34(6-3)27-10-8-7-9-11-27/h7-19,31H,4-6,20-22H2,1-3H3,(H,32,35). The van der Waals surface area contributed by atoms with Crippen molar-refractivity contribution in [1.29, 1.82) is 0 Å². The second-order valence-electron chi connectivity index (χ2n) is 8.73. The van der Waals surface area contributed by atoms with Crippen LogP contribution in [0, 0.1) is 0 Å². The first-order valence-electron chi connectivity index (χ1n) is 12.9. The van der Waals surface area contributed by atoms with Gasteiger partial charge in [-0.05, 0) is 80.4 Å². The predicted octanol–water partition coefficient (Wildman–Crippen LogP) is 5.67. The number of para-hydroxylation sites is 1. The van der Waals surface area contributed by atoms with Crippen LogP contribution in [-0.4, -0.2) is 48.8 Å². The number of benzene rings is 3. The molecule has 2 N–H and O–H groups in total. The van der Waals surface area contributed by atoms with E-state index in [9.17, 15) is 14.4 Å². The Hall–Kier alpha value is -4.13. The van der Waals surface area contributed by atoms with Gasteiger partial charge in [0.05, 0.1) is 6.54 Å². The summed E-state index contributed by atoms with van der Waals surface area (Å²) in [6.07, 6.45) is 1.84. The van der Waals surface area contributed by atoms with E-state index in [2.05, 4.69) is 24.5 Å². The van der Waals surface area contributed by atoms with Crippen LogP contribution >= 0.6 is 0 Å². The number of hydrogen-bond acceptors (Lipinski definition) is 4. The highest BCUT2D eigenvalue weighted by molar-refractivity contribution is 6.06. The predicted molar refractivity (Wildman–Crippen MR) is 150 cm³/mol. The van der Waals surface area contributed by atoms with Crippen molar-refractivity contribution in [3.8, 4) is 0 Å². The molecule has 37 heavy (non-hydrogen) atoms. The van der Waals surface area contributed by atoms with E-state index in [1.807, 2.05) is 54.3 Å². The molecule has 3 amide bonds. The number of carbonyl (C=O) groups excluding carboxylic acids is 3. The third kappa shape index (κ3) is 7.67. The minimum Gasteiger partial charge on any atom is -0.376 e. The molecule has 3 rings (SSSR count). The molecule has 7 nitrogen and oxygen atoms in total. The summed E-state index contributed by atoms with van der Waals surface area (Å²) in [5.41, 5.74) is 3.40. The van der Waals surface area contributed by atoms with Crippen LogP contribution in [0.1, 0.15) is 54.3 Å². The summed E-state index contributed by atoms with van der Waals surface area (Å²) >= 11 is 0. The molecular weight excluding hydrogens is 464 g/mol.